The summed E-state index contributed by atoms with van der Waals surface area (Å²) >= 11 is 2.93. The maximum Gasteiger partial charge on any atom is 0.244 e. The number of hydrogen-bond acceptors (Lipinski definition) is 2. The van der Waals surface area contributed by atoms with Gasteiger partial charge in [0, 0.05) is 18.7 Å². The maximum atomic E-state index is 14.0. The number of carbonyl (C=O) groups excluding carboxylic acids is 1. The van der Waals surface area contributed by atoms with E-state index in [9.17, 15) is 13.6 Å². The normalized spacial score (nSPS) is 19.8. The first-order chi connectivity index (χ1) is 9.40. The molecule has 1 amide bonds. The largest absolute Gasteiger partial charge is 0.308 e. The number of halogens is 3. The Balaban J connectivity index is 2.28. The SMILES string of the molecule is CC(C)NC1CCCN(c2cc(F)c(Br)cc2F)C1=O. The van der Waals surface area contributed by atoms with Crippen molar-refractivity contribution in [3.05, 3.63) is 28.2 Å². The molecule has 20 heavy (non-hydrogen) atoms. The molecule has 2 rings (SSSR count). The Kier molecular flexibility index (Phi) is 4.75. The molecule has 1 aromatic carbocycles. The molecule has 1 heterocycles. The van der Waals surface area contributed by atoms with Crippen molar-refractivity contribution in [2.45, 2.75) is 38.8 Å². The average molecular weight is 347 g/mol. The molecule has 1 saturated heterocycles. The lowest BCUT2D eigenvalue weighted by Gasteiger charge is -2.33. The minimum absolute atomic E-state index is 0.00551. The van der Waals surface area contributed by atoms with E-state index in [1.165, 1.54) is 4.90 Å². The van der Waals surface area contributed by atoms with Crippen LogP contribution in [0.3, 0.4) is 0 Å². The first-order valence-corrected chi connectivity index (χ1v) is 7.41. The van der Waals surface area contributed by atoms with Gasteiger partial charge in [0.1, 0.15) is 11.6 Å². The molecule has 1 aromatic rings. The highest BCUT2D eigenvalue weighted by molar-refractivity contribution is 9.10. The van der Waals surface area contributed by atoms with Crippen LogP contribution < -0.4 is 10.2 Å². The smallest absolute Gasteiger partial charge is 0.244 e. The van der Waals surface area contributed by atoms with Crippen LogP contribution >= 0.6 is 15.9 Å². The Bertz CT molecular complexity index is 522. The van der Waals surface area contributed by atoms with Crippen LogP contribution in [0.15, 0.2) is 16.6 Å². The first kappa shape index (κ1) is 15.4. The highest BCUT2D eigenvalue weighted by Gasteiger charge is 2.31. The molecule has 0 saturated carbocycles. The number of nitrogens with zero attached hydrogens (tertiary/aromatic N) is 1. The number of rotatable bonds is 3. The van der Waals surface area contributed by atoms with Crippen LogP contribution in [-0.2, 0) is 4.79 Å². The zero-order chi connectivity index (χ0) is 14.9. The van der Waals surface area contributed by atoms with Crippen molar-refractivity contribution >= 4 is 27.5 Å². The zero-order valence-corrected chi connectivity index (χ0v) is 13.0. The van der Waals surface area contributed by atoms with E-state index in [0.717, 1.165) is 18.6 Å². The third-order valence-corrected chi connectivity index (χ3v) is 3.86. The van der Waals surface area contributed by atoms with Crippen LogP contribution in [0.2, 0.25) is 0 Å². The fourth-order valence-electron chi connectivity index (χ4n) is 2.39. The van der Waals surface area contributed by atoms with Gasteiger partial charge in [-0.2, -0.15) is 0 Å². The van der Waals surface area contributed by atoms with Gasteiger partial charge in [-0.3, -0.25) is 4.79 Å². The highest BCUT2D eigenvalue weighted by atomic mass is 79.9. The fourth-order valence-corrected chi connectivity index (χ4v) is 2.71. The molecule has 0 bridgehead atoms. The van der Waals surface area contributed by atoms with Gasteiger partial charge in [0.15, 0.2) is 0 Å². The number of nitrogens with one attached hydrogen (secondary N) is 1. The van der Waals surface area contributed by atoms with Gasteiger partial charge in [-0.05, 0) is 34.8 Å². The van der Waals surface area contributed by atoms with Crippen LogP contribution in [0.1, 0.15) is 26.7 Å². The minimum Gasteiger partial charge on any atom is -0.308 e. The molecule has 1 N–H and O–H groups in total. The molecule has 1 fully saturated rings. The second-order valence-electron chi connectivity index (χ2n) is 5.22. The monoisotopic (exact) mass is 346 g/mol. The van der Waals surface area contributed by atoms with Crippen LogP contribution in [0.5, 0.6) is 0 Å². The molecule has 1 aliphatic heterocycles. The van der Waals surface area contributed by atoms with E-state index in [1.807, 2.05) is 13.8 Å². The molecule has 1 aliphatic rings. The molecule has 6 heteroatoms. The summed E-state index contributed by atoms with van der Waals surface area (Å²) < 4.78 is 27.6. The van der Waals surface area contributed by atoms with Crippen LogP contribution in [0.25, 0.3) is 0 Å². The summed E-state index contributed by atoms with van der Waals surface area (Å²) in [4.78, 5) is 13.7. The number of piperidine rings is 1. The van der Waals surface area contributed by atoms with E-state index in [4.69, 9.17) is 0 Å². The average Bonchev–Trinajstić information content (AvgIpc) is 2.36. The van der Waals surface area contributed by atoms with Crippen molar-refractivity contribution in [2.24, 2.45) is 0 Å². The van der Waals surface area contributed by atoms with Gasteiger partial charge in [-0.1, -0.05) is 13.8 Å². The molecule has 0 spiro atoms. The fraction of sp³-hybridized carbons (Fsp3) is 0.500. The van der Waals surface area contributed by atoms with Crippen molar-refractivity contribution in [1.29, 1.82) is 0 Å². The maximum absolute atomic E-state index is 14.0. The number of anilines is 1. The lowest BCUT2D eigenvalue weighted by molar-refractivity contribution is -0.122. The number of hydrogen-bond donors (Lipinski definition) is 1. The van der Waals surface area contributed by atoms with E-state index in [1.54, 1.807) is 0 Å². The lowest BCUT2D eigenvalue weighted by atomic mass is 10.0. The predicted octanol–water partition coefficient (Wildman–Crippen LogP) is 3.22. The summed E-state index contributed by atoms with van der Waals surface area (Å²) in [6.07, 6.45) is 1.47. The second kappa shape index (κ2) is 6.18. The van der Waals surface area contributed by atoms with Crippen molar-refractivity contribution < 1.29 is 13.6 Å². The topological polar surface area (TPSA) is 32.3 Å². The Morgan fingerprint density at radius 1 is 1.35 bits per heavy atom. The highest BCUT2D eigenvalue weighted by Crippen LogP contribution is 2.29. The second-order valence-corrected chi connectivity index (χ2v) is 6.08. The molecule has 0 aromatic heterocycles. The summed E-state index contributed by atoms with van der Waals surface area (Å²) in [6.45, 7) is 4.31. The summed E-state index contributed by atoms with van der Waals surface area (Å²) in [5.41, 5.74) is 0.00551. The Morgan fingerprint density at radius 2 is 2.05 bits per heavy atom. The van der Waals surface area contributed by atoms with Crippen molar-refractivity contribution in [3.63, 3.8) is 0 Å². The zero-order valence-electron chi connectivity index (χ0n) is 11.4. The summed E-state index contributed by atoms with van der Waals surface area (Å²) in [5, 5.41) is 3.16. The molecular weight excluding hydrogens is 330 g/mol. The van der Waals surface area contributed by atoms with E-state index < -0.39 is 11.6 Å². The molecule has 1 unspecified atom stereocenters. The molecular formula is C14H17BrF2N2O. The van der Waals surface area contributed by atoms with Crippen molar-refractivity contribution in [2.75, 3.05) is 11.4 Å². The Morgan fingerprint density at radius 3 is 2.70 bits per heavy atom. The van der Waals surface area contributed by atoms with Crippen LogP contribution in [0.4, 0.5) is 14.5 Å². The van der Waals surface area contributed by atoms with Gasteiger partial charge in [-0.15, -0.1) is 0 Å². The van der Waals surface area contributed by atoms with Crippen LogP contribution in [0, 0.1) is 11.6 Å². The van der Waals surface area contributed by atoms with Crippen molar-refractivity contribution in [3.8, 4) is 0 Å². The number of amides is 1. The number of benzene rings is 1. The summed E-state index contributed by atoms with van der Waals surface area (Å²) in [5.74, 6) is -1.38. The summed E-state index contributed by atoms with van der Waals surface area (Å²) in [7, 11) is 0. The lowest BCUT2D eigenvalue weighted by Crippen LogP contribution is -2.52. The molecule has 0 aliphatic carbocycles. The molecule has 3 nitrogen and oxygen atoms in total. The quantitative estimate of drug-likeness (QED) is 0.852. The third kappa shape index (κ3) is 3.17. The van der Waals surface area contributed by atoms with Gasteiger partial charge in [-0.25, -0.2) is 8.78 Å². The van der Waals surface area contributed by atoms with Gasteiger partial charge < -0.3 is 10.2 Å². The van der Waals surface area contributed by atoms with Gasteiger partial charge in [0.25, 0.3) is 0 Å². The first-order valence-electron chi connectivity index (χ1n) is 6.62. The third-order valence-electron chi connectivity index (χ3n) is 3.25. The van der Waals surface area contributed by atoms with E-state index in [-0.39, 0.29) is 28.2 Å². The van der Waals surface area contributed by atoms with Gasteiger partial charge in [0.05, 0.1) is 16.2 Å². The van der Waals surface area contributed by atoms with Gasteiger partial charge >= 0.3 is 0 Å². The van der Waals surface area contributed by atoms with E-state index in [0.29, 0.717) is 13.0 Å². The van der Waals surface area contributed by atoms with E-state index >= 15 is 0 Å². The molecule has 1 atom stereocenters. The summed E-state index contributed by atoms with van der Waals surface area (Å²) in [6, 6.07) is 1.94. The number of carbonyl (C=O) groups is 1. The standard InChI is InChI=1S/C14H17BrF2N2O/c1-8(2)18-12-4-3-5-19(14(12)20)13-7-10(16)9(15)6-11(13)17/h6-8,12,18H,3-5H2,1-2H3. The molecule has 110 valence electrons. The van der Waals surface area contributed by atoms with Crippen LogP contribution in [-0.4, -0.2) is 24.5 Å². The van der Waals surface area contributed by atoms with E-state index in [2.05, 4.69) is 21.2 Å². The predicted molar refractivity (Wildman–Crippen MR) is 77.7 cm³/mol. The van der Waals surface area contributed by atoms with Crippen molar-refractivity contribution in [1.82, 2.24) is 5.32 Å². The minimum atomic E-state index is -0.600. The Labute approximate surface area is 125 Å². The Hall–Kier alpha value is -1.01. The van der Waals surface area contributed by atoms with Gasteiger partial charge in [0.2, 0.25) is 5.91 Å². The molecule has 0 radical (unpaired) electrons.